The van der Waals surface area contributed by atoms with E-state index in [0.717, 1.165) is 24.8 Å². The van der Waals surface area contributed by atoms with Gasteiger partial charge in [-0.25, -0.2) is 4.79 Å². The van der Waals surface area contributed by atoms with Crippen LogP contribution in [0.25, 0.3) is 0 Å². The predicted molar refractivity (Wildman–Crippen MR) is 72.4 cm³/mol. The predicted octanol–water partition coefficient (Wildman–Crippen LogP) is 2.75. The second-order valence-corrected chi connectivity index (χ2v) is 6.80. The number of fused-ring (bicyclic) bond motifs is 3. The van der Waals surface area contributed by atoms with Crippen LogP contribution in [0.15, 0.2) is 23.3 Å². The van der Waals surface area contributed by atoms with Crippen LogP contribution in [0, 0.1) is 11.3 Å². The third-order valence-corrected chi connectivity index (χ3v) is 5.78. The summed E-state index contributed by atoms with van der Waals surface area (Å²) in [6.07, 6.45) is 3.19. The summed E-state index contributed by atoms with van der Waals surface area (Å²) in [5.74, 6) is -0.213. The number of hydrogen-bond acceptors (Lipinski definition) is 3. The standard InChI is InChI=1S/C16H22O3/c1-9-5-7-15(3)12(9)13-11(6-8-16(15,4)18)10(2)14(17)19-13/h11,13,18H,2,5-8H2,1,3-4H3/t11-,13-,15-,16-/m0/s1. The van der Waals surface area contributed by atoms with E-state index in [0.29, 0.717) is 12.0 Å². The van der Waals surface area contributed by atoms with Crippen LogP contribution < -0.4 is 0 Å². The number of rotatable bonds is 0. The van der Waals surface area contributed by atoms with Crippen molar-refractivity contribution in [1.29, 1.82) is 0 Å². The molecule has 2 aliphatic carbocycles. The molecule has 0 spiro atoms. The summed E-state index contributed by atoms with van der Waals surface area (Å²) in [6, 6.07) is 0. The molecule has 0 unspecified atom stereocenters. The van der Waals surface area contributed by atoms with Gasteiger partial charge in [-0.1, -0.05) is 19.1 Å². The maximum Gasteiger partial charge on any atom is 0.334 e. The zero-order valence-electron chi connectivity index (χ0n) is 12.0. The van der Waals surface area contributed by atoms with Crippen LogP contribution in [0.1, 0.15) is 46.5 Å². The molecule has 0 aromatic heterocycles. The zero-order valence-corrected chi connectivity index (χ0v) is 12.0. The topological polar surface area (TPSA) is 46.5 Å². The number of allylic oxidation sites excluding steroid dienone is 1. The number of hydrogen-bond donors (Lipinski definition) is 1. The number of carbonyl (C=O) groups excluding carboxylic acids is 1. The first-order valence-corrected chi connectivity index (χ1v) is 7.10. The van der Waals surface area contributed by atoms with Gasteiger partial charge in [0, 0.05) is 16.9 Å². The SMILES string of the molecule is C=C1C(=O)O[C@@H]2C3=C(C)CC[C@]3(C)[C@@](C)(O)CC[C@@H]12. The Labute approximate surface area is 114 Å². The van der Waals surface area contributed by atoms with Crippen molar-refractivity contribution in [3.63, 3.8) is 0 Å². The van der Waals surface area contributed by atoms with Gasteiger partial charge in [-0.3, -0.25) is 0 Å². The second-order valence-electron chi connectivity index (χ2n) is 6.80. The first-order valence-electron chi connectivity index (χ1n) is 7.10. The lowest BCUT2D eigenvalue weighted by atomic mass is 9.68. The molecule has 0 bridgehead atoms. The second kappa shape index (κ2) is 3.72. The van der Waals surface area contributed by atoms with Crippen molar-refractivity contribution in [2.24, 2.45) is 11.3 Å². The smallest absolute Gasteiger partial charge is 0.334 e. The van der Waals surface area contributed by atoms with E-state index in [2.05, 4.69) is 20.4 Å². The van der Waals surface area contributed by atoms with Crippen molar-refractivity contribution in [3.8, 4) is 0 Å². The molecule has 1 heterocycles. The van der Waals surface area contributed by atoms with Crippen LogP contribution in [-0.4, -0.2) is 22.8 Å². The summed E-state index contributed by atoms with van der Waals surface area (Å²) in [6.45, 7) is 10.0. The van der Waals surface area contributed by atoms with Crippen molar-refractivity contribution in [2.45, 2.75) is 58.2 Å². The van der Waals surface area contributed by atoms with Gasteiger partial charge in [-0.2, -0.15) is 0 Å². The highest BCUT2D eigenvalue weighted by molar-refractivity contribution is 5.91. The Balaban J connectivity index is 2.14. The highest BCUT2D eigenvalue weighted by Crippen LogP contribution is 2.58. The van der Waals surface area contributed by atoms with Crippen LogP contribution in [-0.2, 0) is 9.53 Å². The van der Waals surface area contributed by atoms with Crippen LogP contribution in [0.3, 0.4) is 0 Å². The summed E-state index contributed by atoms with van der Waals surface area (Å²) < 4.78 is 5.59. The van der Waals surface area contributed by atoms with E-state index < -0.39 is 5.60 Å². The zero-order chi connectivity index (χ0) is 14.0. The van der Waals surface area contributed by atoms with Crippen LogP contribution in [0.2, 0.25) is 0 Å². The van der Waals surface area contributed by atoms with E-state index in [4.69, 9.17) is 4.74 Å². The lowest BCUT2D eigenvalue weighted by molar-refractivity contribution is -0.138. The summed E-state index contributed by atoms with van der Waals surface area (Å²) in [5, 5.41) is 10.9. The Hall–Kier alpha value is -1.09. The molecule has 3 aliphatic rings. The maximum absolute atomic E-state index is 11.8. The lowest BCUT2D eigenvalue weighted by Crippen LogP contribution is -2.44. The molecule has 0 aromatic rings. The highest BCUT2D eigenvalue weighted by Gasteiger charge is 2.57. The minimum Gasteiger partial charge on any atom is -0.454 e. The van der Waals surface area contributed by atoms with Gasteiger partial charge in [0.1, 0.15) is 6.10 Å². The summed E-state index contributed by atoms with van der Waals surface area (Å²) in [5.41, 5.74) is 2.00. The molecule has 0 aromatic carbocycles. The molecule has 4 atom stereocenters. The Morgan fingerprint density at radius 3 is 2.74 bits per heavy atom. The average Bonchev–Trinajstić information content (AvgIpc) is 2.75. The summed E-state index contributed by atoms with van der Waals surface area (Å²) >= 11 is 0. The normalized spacial score (nSPS) is 45.9. The first kappa shape index (κ1) is 12.9. The third kappa shape index (κ3) is 1.51. The molecule has 0 amide bonds. The minimum atomic E-state index is -0.739. The molecular formula is C16H22O3. The van der Waals surface area contributed by atoms with Crippen molar-refractivity contribution < 1.29 is 14.6 Å². The van der Waals surface area contributed by atoms with Crippen LogP contribution in [0.5, 0.6) is 0 Å². The van der Waals surface area contributed by atoms with E-state index in [1.54, 1.807) is 0 Å². The monoisotopic (exact) mass is 262 g/mol. The molecule has 19 heavy (non-hydrogen) atoms. The maximum atomic E-state index is 11.8. The Kier molecular flexibility index (Phi) is 2.53. The molecule has 3 heteroatoms. The van der Waals surface area contributed by atoms with E-state index in [9.17, 15) is 9.90 Å². The Morgan fingerprint density at radius 1 is 1.37 bits per heavy atom. The van der Waals surface area contributed by atoms with Gasteiger partial charge in [0.25, 0.3) is 0 Å². The van der Waals surface area contributed by atoms with Gasteiger partial charge in [0.2, 0.25) is 0 Å². The van der Waals surface area contributed by atoms with Crippen molar-refractivity contribution in [1.82, 2.24) is 0 Å². The molecular weight excluding hydrogens is 240 g/mol. The van der Waals surface area contributed by atoms with Gasteiger partial charge in [0.05, 0.1) is 5.60 Å². The molecule has 3 rings (SSSR count). The summed E-state index contributed by atoms with van der Waals surface area (Å²) in [4.78, 5) is 11.8. The molecule has 1 aliphatic heterocycles. The number of carbonyl (C=O) groups is 1. The number of aliphatic hydroxyl groups is 1. The van der Waals surface area contributed by atoms with E-state index in [-0.39, 0.29) is 23.4 Å². The molecule has 3 nitrogen and oxygen atoms in total. The largest absolute Gasteiger partial charge is 0.454 e. The fourth-order valence-electron chi connectivity index (χ4n) is 4.20. The molecule has 2 fully saturated rings. The quantitative estimate of drug-likeness (QED) is 0.415. The first-order chi connectivity index (χ1) is 8.78. The Morgan fingerprint density at radius 2 is 2.05 bits per heavy atom. The van der Waals surface area contributed by atoms with Crippen molar-refractivity contribution in [2.75, 3.05) is 0 Å². The molecule has 104 valence electrons. The van der Waals surface area contributed by atoms with Gasteiger partial charge in [0.15, 0.2) is 0 Å². The van der Waals surface area contributed by atoms with E-state index in [1.165, 1.54) is 5.57 Å². The molecule has 1 N–H and O–H groups in total. The molecule has 1 saturated carbocycles. The Bertz CT molecular complexity index is 500. The molecule has 0 radical (unpaired) electrons. The van der Waals surface area contributed by atoms with Gasteiger partial charge >= 0.3 is 5.97 Å². The molecule has 1 saturated heterocycles. The fourth-order valence-corrected chi connectivity index (χ4v) is 4.20. The van der Waals surface area contributed by atoms with E-state index >= 15 is 0 Å². The van der Waals surface area contributed by atoms with Gasteiger partial charge in [-0.05, 0) is 45.1 Å². The van der Waals surface area contributed by atoms with Crippen LogP contribution in [0.4, 0.5) is 0 Å². The average molecular weight is 262 g/mol. The number of esters is 1. The lowest BCUT2D eigenvalue weighted by Gasteiger charge is -2.42. The summed E-state index contributed by atoms with van der Waals surface area (Å²) in [7, 11) is 0. The highest BCUT2D eigenvalue weighted by atomic mass is 16.6. The van der Waals surface area contributed by atoms with Gasteiger partial charge in [-0.15, -0.1) is 0 Å². The third-order valence-electron chi connectivity index (χ3n) is 5.78. The van der Waals surface area contributed by atoms with Crippen molar-refractivity contribution in [3.05, 3.63) is 23.3 Å². The van der Waals surface area contributed by atoms with Crippen LogP contribution >= 0.6 is 0 Å². The fraction of sp³-hybridized carbons (Fsp3) is 0.688. The van der Waals surface area contributed by atoms with E-state index in [1.807, 2.05) is 6.92 Å². The van der Waals surface area contributed by atoms with Crippen molar-refractivity contribution >= 4 is 5.97 Å². The minimum absolute atomic E-state index is 0.0452. The van der Waals surface area contributed by atoms with Gasteiger partial charge < -0.3 is 9.84 Å². The number of ether oxygens (including phenoxy) is 1.